The van der Waals surface area contributed by atoms with E-state index in [1.54, 1.807) is 24.3 Å². The molecule has 0 fully saturated rings. The Hall–Kier alpha value is -2.21. The lowest BCUT2D eigenvalue weighted by molar-refractivity contribution is -0.645. The minimum absolute atomic E-state index is 0.340. The van der Waals surface area contributed by atoms with E-state index < -0.39 is 0 Å². The molecule has 0 spiro atoms. The first kappa shape index (κ1) is 14.2. The number of carbonyl (C=O) groups excluding carboxylic acids is 1. The van der Waals surface area contributed by atoms with Crippen molar-refractivity contribution in [3.63, 3.8) is 0 Å². The Morgan fingerprint density at radius 2 is 1.90 bits per heavy atom. The van der Waals surface area contributed by atoms with E-state index in [0.717, 1.165) is 10.5 Å². The second kappa shape index (κ2) is 6.81. The number of nitrogens with one attached hydrogen (secondary N) is 2. The molecule has 1 heterocycles. The molecule has 0 aliphatic heterocycles. The first-order chi connectivity index (χ1) is 9.69. The molecule has 0 atom stereocenters. The lowest BCUT2D eigenvalue weighted by atomic mass is 10.3. The quantitative estimate of drug-likeness (QED) is 0.516. The summed E-state index contributed by atoms with van der Waals surface area (Å²) in [5, 5.41) is 17.5. The standard InChI is InChI=1S/C14H15N3O2S/c1-2-20-13-10-12(8-9-17(13)19)16-14(18)15-11-6-4-3-5-7-11/h3-10H,2H2,1H3,(H2,15,16,18). The van der Waals surface area contributed by atoms with Crippen molar-refractivity contribution in [3.8, 4) is 0 Å². The average Bonchev–Trinajstić information content (AvgIpc) is 2.44. The predicted octanol–water partition coefficient (Wildman–Crippen LogP) is 3.08. The summed E-state index contributed by atoms with van der Waals surface area (Å²) in [5.74, 6) is 0.794. The van der Waals surface area contributed by atoms with Crippen molar-refractivity contribution in [2.45, 2.75) is 11.9 Å². The van der Waals surface area contributed by atoms with E-state index in [0.29, 0.717) is 16.4 Å². The maximum Gasteiger partial charge on any atom is 0.323 e. The van der Waals surface area contributed by atoms with Crippen LogP contribution in [0.5, 0.6) is 0 Å². The number of nitrogens with zero attached hydrogens (tertiary/aromatic N) is 1. The fraction of sp³-hybridized carbons (Fsp3) is 0.143. The van der Waals surface area contributed by atoms with E-state index in [2.05, 4.69) is 10.6 Å². The number of anilines is 2. The van der Waals surface area contributed by atoms with Crippen LogP contribution in [0.1, 0.15) is 6.92 Å². The van der Waals surface area contributed by atoms with Crippen LogP contribution in [-0.4, -0.2) is 11.8 Å². The Morgan fingerprint density at radius 3 is 2.60 bits per heavy atom. The van der Waals surface area contributed by atoms with E-state index in [-0.39, 0.29) is 6.03 Å². The fourth-order valence-electron chi connectivity index (χ4n) is 1.61. The summed E-state index contributed by atoms with van der Waals surface area (Å²) in [6.07, 6.45) is 1.39. The molecule has 2 aromatic rings. The molecular formula is C14H15N3O2S. The highest BCUT2D eigenvalue weighted by molar-refractivity contribution is 7.99. The van der Waals surface area contributed by atoms with Gasteiger partial charge in [-0.05, 0) is 12.1 Å². The monoisotopic (exact) mass is 289 g/mol. The third-order valence-electron chi connectivity index (χ3n) is 2.47. The van der Waals surface area contributed by atoms with Crippen molar-refractivity contribution in [3.05, 3.63) is 53.9 Å². The molecule has 2 N–H and O–H groups in total. The zero-order valence-electron chi connectivity index (χ0n) is 11.0. The van der Waals surface area contributed by atoms with Gasteiger partial charge < -0.3 is 15.8 Å². The topological polar surface area (TPSA) is 68.1 Å². The second-order valence-electron chi connectivity index (χ2n) is 3.96. The number of aromatic nitrogens is 1. The fourth-order valence-corrected chi connectivity index (χ4v) is 2.31. The van der Waals surface area contributed by atoms with Crippen LogP contribution in [0.15, 0.2) is 53.7 Å². The minimum Gasteiger partial charge on any atom is -0.618 e. The summed E-state index contributed by atoms with van der Waals surface area (Å²) in [5.41, 5.74) is 1.30. The van der Waals surface area contributed by atoms with Crippen molar-refractivity contribution >= 4 is 29.2 Å². The smallest absolute Gasteiger partial charge is 0.323 e. The molecule has 0 aliphatic rings. The molecule has 0 aliphatic carbocycles. The lowest BCUT2D eigenvalue weighted by Gasteiger charge is -2.09. The van der Waals surface area contributed by atoms with Crippen molar-refractivity contribution in [2.75, 3.05) is 16.4 Å². The van der Waals surface area contributed by atoms with Gasteiger partial charge in [-0.25, -0.2) is 4.79 Å². The molecular weight excluding hydrogens is 274 g/mol. The van der Waals surface area contributed by atoms with Gasteiger partial charge in [0.25, 0.3) is 5.03 Å². The molecule has 0 saturated carbocycles. The van der Waals surface area contributed by atoms with Crippen LogP contribution in [0, 0.1) is 5.21 Å². The number of para-hydroxylation sites is 1. The summed E-state index contributed by atoms with van der Waals surface area (Å²) in [6.45, 7) is 1.97. The van der Waals surface area contributed by atoms with Crippen LogP contribution in [0.3, 0.4) is 0 Å². The molecule has 1 aromatic carbocycles. The highest BCUT2D eigenvalue weighted by Gasteiger charge is 2.09. The number of pyridine rings is 1. The molecule has 0 saturated heterocycles. The summed E-state index contributed by atoms with van der Waals surface area (Å²) in [7, 11) is 0. The van der Waals surface area contributed by atoms with Gasteiger partial charge in [-0.15, -0.1) is 0 Å². The number of thioether (sulfide) groups is 1. The van der Waals surface area contributed by atoms with Crippen LogP contribution in [0.2, 0.25) is 0 Å². The Balaban J connectivity index is 2.02. The number of urea groups is 1. The largest absolute Gasteiger partial charge is 0.618 e. The Kier molecular flexibility index (Phi) is 4.84. The van der Waals surface area contributed by atoms with Crippen molar-refractivity contribution in [1.29, 1.82) is 0 Å². The maximum absolute atomic E-state index is 11.8. The van der Waals surface area contributed by atoms with E-state index >= 15 is 0 Å². The number of amides is 2. The van der Waals surface area contributed by atoms with E-state index in [4.69, 9.17) is 0 Å². The van der Waals surface area contributed by atoms with Gasteiger partial charge in [0.2, 0.25) is 0 Å². The molecule has 104 valence electrons. The van der Waals surface area contributed by atoms with Crippen molar-refractivity contribution in [2.24, 2.45) is 0 Å². The zero-order chi connectivity index (χ0) is 14.4. The van der Waals surface area contributed by atoms with Crippen LogP contribution in [0.4, 0.5) is 16.2 Å². The molecule has 5 nitrogen and oxygen atoms in total. The number of hydrogen-bond acceptors (Lipinski definition) is 3. The molecule has 1 aromatic heterocycles. The summed E-state index contributed by atoms with van der Waals surface area (Å²) in [6, 6.07) is 12.0. The summed E-state index contributed by atoms with van der Waals surface area (Å²) >= 11 is 1.43. The summed E-state index contributed by atoms with van der Waals surface area (Å²) < 4.78 is 0.786. The predicted molar refractivity (Wildman–Crippen MR) is 80.9 cm³/mol. The third kappa shape index (κ3) is 3.89. The number of rotatable bonds is 4. The highest BCUT2D eigenvalue weighted by atomic mass is 32.2. The highest BCUT2D eigenvalue weighted by Crippen LogP contribution is 2.17. The van der Waals surface area contributed by atoms with E-state index in [1.165, 1.54) is 18.0 Å². The SMILES string of the molecule is CCSc1cc(NC(=O)Nc2ccccc2)cc[n+]1[O-]. The average molecular weight is 289 g/mol. The van der Waals surface area contributed by atoms with Gasteiger partial charge in [-0.3, -0.25) is 0 Å². The number of carbonyl (C=O) groups is 1. The Labute approximate surface area is 121 Å². The number of hydrogen-bond donors (Lipinski definition) is 2. The van der Waals surface area contributed by atoms with Gasteiger partial charge >= 0.3 is 6.03 Å². The maximum atomic E-state index is 11.8. The van der Waals surface area contributed by atoms with Crippen LogP contribution in [0.25, 0.3) is 0 Å². The molecule has 0 unspecified atom stereocenters. The van der Waals surface area contributed by atoms with Gasteiger partial charge in [0.05, 0.1) is 5.69 Å². The summed E-state index contributed by atoms with van der Waals surface area (Å²) in [4.78, 5) is 11.8. The normalized spacial score (nSPS) is 10.1. The van der Waals surface area contributed by atoms with Crippen molar-refractivity contribution < 1.29 is 9.52 Å². The van der Waals surface area contributed by atoms with Gasteiger partial charge in [0.15, 0.2) is 6.20 Å². The Bertz CT molecular complexity index is 590. The molecule has 20 heavy (non-hydrogen) atoms. The van der Waals surface area contributed by atoms with E-state index in [1.807, 2.05) is 25.1 Å². The molecule has 6 heteroatoms. The molecule has 0 bridgehead atoms. The lowest BCUT2D eigenvalue weighted by Crippen LogP contribution is -2.29. The number of benzene rings is 1. The second-order valence-corrected chi connectivity index (χ2v) is 5.24. The first-order valence-electron chi connectivity index (χ1n) is 6.18. The molecule has 2 rings (SSSR count). The van der Waals surface area contributed by atoms with Crippen LogP contribution in [-0.2, 0) is 0 Å². The van der Waals surface area contributed by atoms with Gasteiger partial charge in [-0.1, -0.05) is 36.9 Å². The third-order valence-corrected chi connectivity index (χ3v) is 3.35. The van der Waals surface area contributed by atoms with Crippen LogP contribution < -0.4 is 15.4 Å². The van der Waals surface area contributed by atoms with Crippen LogP contribution >= 0.6 is 11.8 Å². The molecule has 0 radical (unpaired) electrons. The zero-order valence-corrected chi connectivity index (χ0v) is 11.8. The first-order valence-corrected chi connectivity index (χ1v) is 7.16. The minimum atomic E-state index is -0.340. The van der Waals surface area contributed by atoms with Crippen molar-refractivity contribution in [1.82, 2.24) is 0 Å². The Morgan fingerprint density at radius 1 is 1.20 bits per heavy atom. The van der Waals surface area contributed by atoms with Gasteiger partial charge in [0, 0.05) is 23.6 Å². The van der Waals surface area contributed by atoms with E-state index in [9.17, 15) is 10.0 Å². The van der Waals surface area contributed by atoms with Gasteiger partial charge in [0.1, 0.15) is 0 Å². The van der Waals surface area contributed by atoms with Gasteiger partial charge in [-0.2, -0.15) is 4.73 Å². The molecule has 2 amide bonds.